The third-order valence-electron chi connectivity index (χ3n) is 3.88. The van der Waals surface area contributed by atoms with Gasteiger partial charge in [0.1, 0.15) is 18.0 Å². The summed E-state index contributed by atoms with van der Waals surface area (Å²) < 4.78 is 17.7. The minimum Gasteiger partial charge on any atom is -0.365 e. The van der Waals surface area contributed by atoms with E-state index in [-0.39, 0.29) is 30.4 Å². The third kappa shape index (κ3) is 3.23. The highest BCUT2D eigenvalue weighted by Crippen LogP contribution is 2.33. The second-order valence-corrected chi connectivity index (χ2v) is 5.66. The fourth-order valence-corrected chi connectivity index (χ4v) is 2.75. The molecular weight excluding hydrogens is 268 g/mol. The van der Waals surface area contributed by atoms with Crippen molar-refractivity contribution in [3.05, 3.63) is 47.5 Å². The van der Waals surface area contributed by atoms with Crippen LogP contribution >= 0.6 is 0 Å². The lowest BCUT2D eigenvalue weighted by Crippen LogP contribution is -2.46. The molecule has 4 atom stereocenters. The van der Waals surface area contributed by atoms with Gasteiger partial charge in [-0.3, -0.25) is 4.79 Å². The smallest absolute Gasteiger partial charge is 0.184 e. The Balaban J connectivity index is 1.72. The monoisotopic (exact) mass is 288 g/mol. The molecule has 1 fully saturated rings. The molecule has 3 rings (SSSR count). The molecule has 2 heterocycles. The normalized spacial score (nSPS) is 32.2. The van der Waals surface area contributed by atoms with Crippen molar-refractivity contribution >= 4 is 5.78 Å². The molecule has 0 unspecified atom stereocenters. The number of carbonyl (C=O) groups is 1. The number of benzene rings is 1. The first-order valence-electron chi connectivity index (χ1n) is 7.28. The Hall–Kier alpha value is -1.49. The van der Waals surface area contributed by atoms with Crippen molar-refractivity contribution in [2.24, 2.45) is 0 Å². The summed E-state index contributed by atoms with van der Waals surface area (Å²) in [5, 5.41) is 0. The summed E-state index contributed by atoms with van der Waals surface area (Å²) in [4.78, 5) is 11.3. The van der Waals surface area contributed by atoms with E-state index in [1.165, 1.54) is 0 Å². The van der Waals surface area contributed by atoms with Crippen LogP contribution in [0.25, 0.3) is 0 Å². The molecule has 0 saturated carbocycles. The van der Waals surface area contributed by atoms with Crippen LogP contribution in [0.5, 0.6) is 0 Å². The Bertz CT molecular complexity index is 537. The van der Waals surface area contributed by atoms with Crippen molar-refractivity contribution in [2.45, 2.75) is 44.9 Å². The molecule has 4 heteroatoms. The van der Waals surface area contributed by atoms with E-state index in [2.05, 4.69) is 6.08 Å². The molecule has 0 amide bonds. The number of rotatable bonds is 3. The van der Waals surface area contributed by atoms with Crippen LogP contribution in [0.15, 0.2) is 42.0 Å². The van der Waals surface area contributed by atoms with Gasteiger partial charge >= 0.3 is 0 Å². The molecule has 112 valence electrons. The number of ketones is 1. The van der Waals surface area contributed by atoms with E-state index >= 15 is 0 Å². The zero-order valence-corrected chi connectivity index (χ0v) is 12.3. The van der Waals surface area contributed by atoms with Crippen LogP contribution in [0.2, 0.25) is 0 Å². The topological polar surface area (TPSA) is 44.8 Å². The zero-order valence-electron chi connectivity index (χ0n) is 12.3. The highest BCUT2D eigenvalue weighted by molar-refractivity contribution is 5.76. The molecule has 0 spiro atoms. The first kappa shape index (κ1) is 14.4. The summed E-state index contributed by atoms with van der Waals surface area (Å²) in [7, 11) is 0. The van der Waals surface area contributed by atoms with E-state index in [0.29, 0.717) is 13.0 Å². The number of fused-ring (bicyclic) bond motifs is 1. The van der Waals surface area contributed by atoms with Crippen LogP contribution in [0.4, 0.5) is 0 Å². The number of ether oxygens (including phenoxy) is 3. The van der Waals surface area contributed by atoms with Crippen molar-refractivity contribution in [3.63, 3.8) is 0 Å². The third-order valence-corrected chi connectivity index (χ3v) is 3.88. The van der Waals surface area contributed by atoms with Crippen LogP contribution in [0.3, 0.4) is 0 Å². The van der Waals surface area contributed by atoms with Crippen molar-refractivity contribution in [2.75, 3.05) is 6.61 Å². The SMILES string of the molecule is CC(=O)C[C@H]1O[C@@H]2CO[C@@H](c3ccccc3)O[C@H]2C=C1C. The summed E-state index contributed by atoms with van der Waals surface area (Å²) in [5.41, 5.74) is 2.06. The number of hydrogen-bond acceptors (Lipinski definition) is 4. The van der Waals surface area contributed by atoms with Gasteiger partial charge in [0.15, 0.2) is 6.29 Å². The van der Waals surface area contributed by atoms with Gasteiger partial charge in [0, 0.05) is 12.0 Å². The summed E-state index contributed by atoms with van der Waals surface area (Å²) in [5.74, 6) is 0.131. The second kappa shape index (κ2) is 6.10. The highest BCUT2D eigenvalue weighted by atomic mass is 16.7. The van der Waals surface area contributed by atoms with E-state index in [9.17, 15) is 4.79 Å². The van der Waals surface area contributed by atoms with E-state index in [4.69, 9.17) is 14.2 Å². The van der Waals surface area contributed by atoms with Gasteiger partial charge in [-0.15, -0.1) is 0 Å². The van der Waals surface area contributed by atoms with Crippen molar-refractivity contribution in [1.29, 1.82) is 0 Å². The molecule has 21 heavy (non-hydrogen) atoms. The minimum atomic E-state index is -0.357. The van der Waals surface area contributed by atoms with Crippen LogP contribution in [0, 0.1) is 0 Å². The molecule has 0 bridgehead atoms. The van der Waals surface area contributed by atoms with Crippen molar-refractivity contribution in [3.8, 4) is 0 Å². The number of carbonyl (C=O) groups excluding carboxylic acids is 1. The number of Topliss-reactive ketones (excluding diaryl/α,β-unsaturated/α-hetero) is 1. The molecule has 1 saturated heterocycles. The van der Waals surface area contributed by atoms with Gasteiger partial charge in [0.2, 0.25) is 0 Å². The van der Waals surface area contributed by atoms with Gasteiger partial charge < -0.3 is 14.2 Å². The van der Waals surface area contributed by atoms with Crippen molar-refractivity contribution in [1.82, 2.24) is 0 Å². The van der Waals surface area contributed by atoms with Gasteiger partial charge in [0.05, 0.1) is 12.7 Å². The molecule has 4 nitrogen and oxygen atoms in total. The van der Waals surface area contributed by atoms with E-state index in [0.717, 1.165) is 11.1 Å². The molecule has 0 radical (unpaired) electrons. The fraction of sp³-hybridized carbons (Fsp3) is 0.471. The minimum absolute atomic E-state index is 0.118. The lowest BCUT2D eigenvalue weighted by molar-refractivity contribution is -0.263. The Morgan fingerprint density at radius 1 is 1.24 bits per heavy atom. The van der Waals surface area contributed by atoms with Gasteiger partial charge in [-0.25, -0.2) is 0 Å². The lowest BCUT2D eigenvalue weighted by Gasteiger charge is -2.40. The predicted molar refractivity (Wildman–Crippen MR) is 77.7 cm³/mol. The highest BCUT2D eigenvalue weighted by Gasteiger charge is 2.37. The molecular formula is C17H20O4. The van der Waals surface area contributed by atoms with Crippen LogP contribution < -0.4 is 0 Å². The Kier molecular flexibility index (Phi) is 4.19. The van der Waals surface area contributed by atoms with Gasteiger partial charge in [0.25, 0.3) is 0 Å². The van der Waals surface area contributed by atoms with E-state index in [1.54, 1.807) is 6.92 Å². The molecule has 1 aromatic rings. The number of hydrogen-bond donors (Lipinski definition) is 0. The first-order chi connectivity index (χ1) is 10.1. The second-order valence-electron chi connectivity index (χ2n) is 5.66. The average molecular weight is 288 g/mol. The standard InChI is InChI=1S/C17H20O4/c1-11-8-15-16(20-14(11)9-12(2)18)10-19-17(21-15)13-6-4-3-5-7-13/h3-8,14-17H,9-10H2,1-2H3/t14-,15+,16-,17-/m1/s1. The zero-order chi connectivity index (χ0) is 14.8. The van der Waals surface area contributed by atoms with E-state index < -0.39 is 0 Å². The largest absolute Gasteiger partial charge is 0.365 e. The Labute approximate surface area is 124 Å². The fourth-order valence-electron chi connectivity index (χ4n) is 2.75. The Morgan fingerprint density at radius 2 is 2.00 bits per heavy atom. The lowest BCUT2D eigenvalue weighted by atomic mass is 9.98. The summed E-state index contributed by atoms with van der Waals surface area (Å²) in [6, 6.07) is 9.88. The Morgan fingerprint density at radius 3 is 2.71 bits per heavy atom. The molecule has 2 aliphatic heterocycles. The molecule has 0 N–H and O–H groups in total. The summed E-state index contributed by atoms with van der Waals surface area (Å²) in [6.45, 7) is 4.05. The van der Waals surface area contributed by atoms with E-state index in [1.807, 2.05) is 37.3 Å². The van der Waals surface area contributed by atoms with Crippen molar-refractivity contribution < 1.29 is 19.0 Å². The average Bonchev–Trinajstić information content (AvgIpc) is 2.48. The first-order valence-corrected chi connectivity index (χ1v) is 7.28. The summed E-state index contributed by atoms with van der Waals surface area (Å²) in [6.07, 6.45) is 1.72. The van der Waals surface area contributed by atoms with Crippen LogP contribution in [-0.4, -0.2) is 30.7 Å². The quantitative estimate of drug-likeness (QED) is 0.802. The molecule has 1 aromatic carbocycles. The van der Waals surface area contributed by atoms with Crippen LogP contribution in [0.1, 0.15) is 32.1 Å². The van der Waals surface area contributed by atoms with Gasteiger partial charge in [-0.2, -0.15) is 0 Å². The summed E-state index contributed by atoms with van der Waals surface area (Å²) >= 11 is 0. The molecule has 2 aliphatic rings. The molecule has 0 aromatic heterocycles. The van der Waals surface area contributed by atoms with Crippen LogP contribution in [-0.2, 0) is 19.0 Å². The molecule has 0 aliphatic carbocycles. The van der Waals surface area contributed by atoms with Gasteiger partial charge in [-0.05, 0) is 19.4 Å². The maximum Gasteiger partial charge on any atom is 0.184 e. The maximum atomic E-state index is 11.3. The van der Waals surface area contributed by atoms with Gasteiger partial charge in [-0.1, -0.05) is 36.4 Å². The predicted octanol–water partition coefficient (Wildman–Crippen LogP) is 2.79. The maximum absolute atomic E-state index is 11.3.